The van der Waals surface area contributed by atoms with Gasteiger partial charge < -0.3 is 10.2 Å². The Hall–Kier alpha value is -1.42. The van der Waals surface area contributed by atoms with E-state index in [1.54, 1.807) is 12.1 Å². The van der Waals surface area contributed by atoms with Crippen LogP contribution in [0.3, 0.4) is 0 Å². The summed E-state index contributed by atoms with van der Waals surface area (Å²) in [5.41, 5.74) is 0.984. The number of rotatable bonds is 5. The summed E-state index contributed by atoms with van der Waals surface area (Å²) < 4.78 is 12.8. The minimum absolute atomic E-state index is 0.192. The largest absolute Gasteiger partial charge is 0.337 e. The van der Waals surface area contributed by atoms with Crippen LogP contribution in [0.4, 0.5) is 4.39 Å². The standard InChI is InChI=1S/C15H19FN2O/c16-13-5-3-12(4-6-13)9-18-10-14(7-15(18)19)17-8-11-1-2-11/h3-6,11,14,17H,1-2,7-10H2/t14-/m1/s1. The molecule has 0 unspecified atom stereocenters. The number of carbonyl (C=O) groups excluding carboxylic acids is 1. The number of likely N-dealkylation sites (tertiary alicyclic amines) is 1. The van der Waals surface area contributed by atoms with E-state index < -0.39 is 0 Å². The Balaban J connectivity index is 1.52. The van der Waals surface area contributed by atoms with Crippen molar-refractivity contribution in [2.45, 2.75) is 31.8 Å². The van der Waals surface area contributed by atoms with Crippen LogP contribution in [0.25, 0.3) is 0 Å². The van der Waals surface area contributed by atoms with Crippen molar-refractivity contribution < 1.29 is 9.18 Å². The molecule has 1 amide bonds. The molecule has 102 valence electrons. The highest BCUT2D eigenvalue weighted by Crippen LogP contribution is 2.28. The Morgan fingerprint density at radius 3 is 2.68 bits per heavy atom. The summed E-state index contributed by atoms with van der Waals surface area (Å²) in [6.45, 7) is 2.39. The second kappa shape index (κ2) is 5.29. The third-order valence-electron chi connectivity index (χ3n) is 3.89. The summed E-state index contributed by atoms with van der Waals surface area (Å²) in [4.78, 5) is 13.8. The SMILES string of the molecule is O=C1C[C@@H](NCC2CC2)CN1Cc1ccc(F)cc1. The number of nitrogens with zero attached hydrogens (tertiary/aromatic N) is 1. The fourth-order valence-corrected chi connectivity index (χ4v) is 2.53. The Labute approximate surface area is 112 Å². The molecule has 1 saturated heterocycles. The molecule has 1 heterocycles. The van der Waals surface area contributed by atoms with Gasteiger partial charge in [-0.15, -0.1) is 0 Å². The first-order valence-electron chi connectivity index (χ1n) is 6.96. The van der Waals surface area contributed by atoms with E-state index in [9.17, 15) is 9.18 Å². The fourth-order valence-electron chi connectivity index (χ4n) is 2.53. The van der Waals surface area contributed by atoms with Gasteiger partial charge in [0.15, 0.2) is 0 Å². The molecule has 1 N–H and O–H groups in total. The lowest BCUT2D eigenvalue weighted by molar-refractivity contribution is -0.128. The first-order chi connectivity index (χ1) is 9.20. The smallest absolute Gasteiger partial charge is 0.224 e. The average molecular weight is 262 g/mol. The zero-order chi connectivity index (χ0) is 13.2. The quantitative estimate of drug-likeness (QED) is 0.879. The summed E-state index contributed by atoms with van der Waals surface area (Å²) in [6.07, 6.45) is 3.24. The van der Waals surface area contributed by atoms with Crippen LogP contribution in [0, 0.1) is 11.7 Å². The predicted molar refractivity (Wildman–Crippen MR) is 70.9 cm³/mol. The minimum atomic E-state index is -0.236. The Morgan fingerprint density at radius 1 is 1.26 bits per heavy atom. The van der Waals surface area contributed by atoms with Crippen molar-refractivity contribution in [1.29, 1.82) is 0 Å². The highest BCUT2D eigenvalue weighted by Gasteiger charge is 2.30. The Bertz CT molecular complexity index is 456. The van der Waals surface area contributed by atoms with Gasteiger partial charge in [0, 0.05) is 25.6 Å². The molecule has 1 aromatic rings. The van der Waals surface area contributed by atoms with Crippen molar-refractivity contribution in [3.05, 3.63) is 35.6 Å². The number of halogens is 1. The topological polar surface area (TPSA) is 32.3 Å². The first kappa shape index (κ1) is 12.6. The van der Waals surface area contributed by atoms with Crippen LogP contribution in [-0.2, 0) is 11.3 Å². The van der Waals surface area contributed by atoms with Crippen molar-refractivity contribution in [3.8, 4) is 0 Å². The summed E-state index contributed by atoms with van der Waals surface area (Å²) >= 11 is 0. The third kappa shape index (κ3) is 3.32. The van der Waals surface area contributed by atoms with Gasteiger partial charge in [-0.05, 0) is 43.0 Å². The maximum atomic E-state index is 12.8. The maximum Gasteiger partial charge on any atom is 0.224 e. The molecule has 3 rings (SSSR count). The predicted octanol–water partition coefficient (Wildman–Crippen LogP) is 1.93. The van der Waals surface area contributed by atoms with Crippen molar-refractivity contribution in [1.82, 2.24) is 10.2 Å². The molecule has 1 saturated carbocycles. The third-order valence-corrected chi connectivity index (χ3v) is 3.89. The van der Waals surface area contributed by atoms with E-state index in [0.29, 0.717) is 13.0 Å². The molecule has 0 spiro atoms. The molecular weight excluding hydrogens is 243 g/mol. The molecule has 19 heavy (non-hydrogen) atoms. The zero-order valence-electron chi connectivity index (χ0n) is 10.9. The molecule has 3 nitrogen and oxygen atoms in total. The highest BCUT2D eigenvalue weighted by atomic mass is 19.1. The van der Waals surface area contributed by atoms with Gasteiger partial charge in [0.1, 0.15) is 5.82 Å². The van der Waals surface area contributed by atoms with E-state index in [1.165, 1.54) is 25.0 Å². The number of nitrogens with one attached hydrogen (secondary N) is 1. The molecule has 1 aliphatic carbocycles. The van der Waals surface area contributed by atoms with Gasteiger partial charge >= 0.3 is 0 Å². The monoisotopic (exact) mass is 262 g/mol. The second-order valence-corrected chi connectivity index (χ2v) is 5.65. The number of hydrogen-bond donors (Lipinski definition) is 1. The lowest BCUT2D eigenvalue weighted by Gasteiger charge is -2.17. The van der Waals surface area contributed by atoms with E-state index in [-0.39, 0.29) is 17.8 Å². The molecule has 4 heteroatoms. The minimum Gasteiger partial charge on any atom is -0.337 e. The van der Waals surface area contributed by atoms with Crippen LogP contribution in [0.1, 0.15) is 24.8 Å². The second-order valence-electron chi connectivity index (χ2n) is 5.65. The van der Waals surface area contributed by atoms with E-state index in [0.717, 1.165) is 24.6 Å². The fraction of sp³-hybridized carbons (Fsp3) is 0.533. The Morgan fingerprint density at radius 2 is 2.00 bits per heavy atom. The molecule has 2 fully saturated rings. The summed E-state index contributed by atoms with van der Waals surface area (Å²) in [7, 11) is 0. The zero-order valence-corrected chi connectivity index (χ0v) is 10.9. The van der Waals surface area contributed by atoms with Crippen molar-refractivity contribution in [2.75, 3.05) is 13.1 Å². The van der Waals surface area contributed by atoms with Crippen LogP contribution in [0.2, 0.25) is 0 Å². The number of carbonyl (C=O) groups is 1. The van der Waals surface area contributed by atoms with Crippen LogP contribution in [-0.4, -0.2) is 29.9 Å². The van der Waals surface area contributed by atoms with Crippen LogP contribution in [0.5, 0.6) is 0 Å². The van der Waals surface area contributed by atoms with Gasteiger partial charge in [-0.3, -0.25) is 4.79 Å². The lowest BCUT2D eigenvalue weighted by atomic mass is 10.2. The molecule has 2 aliphatic rings. The molecule has 1 aliphatic heterocycles. The molecular formula is C15H19FN2O. The van der Waals surface area contributed by atoms with Gasteiger partial charge in [-0.2, -0.15) is 0 Å². The summed E-state index contributed by atoms with van der Waals surface area (Å²) in [5, 5.41) is 3.48. The maximum absolute atomic E-state index is 12.8. The van der Waals surface area contributed by atoms with Crippen molar-refractivity contribution in [2.24, 2.45) is 5.92 Å². The molecule has 0 bridgehead atoms. The van der Waals surface area contributed by atoms with E-state index in [1.807, 2.05) is 4.90 Å². The van der Waals surface area contributed by atoms with Crippen molar-refractivity contribution >= 4 is 5.91 Å². The lowest BCUT2D eigenvalue weighted by Crippen LogP contribution is -2.33. The summed E-state index contributed by atoms with van der Waals surface area (Å²) in [6, 6.07) is 6.66. The van der Waals surface area contributed by atoms with Crippen LogP contribution >= 0.6 is 0 Å². The number of amides is 1. The molecule has 0 radical (unpaired) electrons. The number of benzene rings is 1. The average Bonchev–Trinajstić information content (AvgIpc) is 3.16. The molecule has 1 aromatic carbocycles. The normalized spacial score (nSPS) is 23.1. The van der Waals surface area contributed by atoms with Gasteiger partial charge in [0.2, 0.25) is 5.91 Å². The van der Waals surface area contributed by atoms with Crippen LogP contribution in [0.15, 0.2) is 24.3 Å². The van der Waals surface area contributed by atoms with Gasteiger partial charge in [0.25, 0.3) is 0 Å². The first-order valence-corrected chi connectivity index (χ1v) is 6.96. The van der Waals surface area contributed by atoms with E-state index in [2.05, 4.69) is 5.32 Å². The van der Waals surface area contributed by atoms with E-state index in [4.69, 9.17) is 0 Å². The Kier molecular flexibility index (Phi) is 3.51. The van der Waals surface area contributed by atoms with Crippen LogP contribution < -0.4 is 5.32 Å². The van der Waals surface area contributed by atoms with Gasteiger partial charge in [-0.25, -0.2) is 4.39 Å². The molecule has 0 aromatic heterocycles. The van der Waals surface area contributed by atoms with Crippen molar-refractivity contribution in [3.63, 3.8) is 0 Å². The number of hydrogen-bond acceptors (Lipinski definition) is 2. The van der Waals surface area contributed by atoms with E-state index >= 15 is 0 Å². The van der Waals surface area contributed by atoms with Gasteiger partial charge in [-0.1, -0.05) is 12.1 Å². The van der Waals surface area contributed by atoms with Gasteiger partial charge in [0.05, 0.1) is 0 Å². The summed E-state index contributed by atoms with van der Waals surface area (Å²) in [5.74, 6) is 0.791. The highest BCUT2D eigenvalue weighted by molar-refractivity contribution is 5.79. The molecule has 1 atom stereocenters.